The lowest BCUT2D eigenvalue weighted by molar-refractivity contribution is -0.123. The molecule has 2 aliphatic rings. The molecule has 1 unspecified atom stereocenters. The fourth-order valence-electron chi connectivity index (χ4n) is 2.42. The molecular formula is C12H20F3N3O. The van der Waals surface area contributed by atoms with Crippen LogP contribution in [0.4, 0.5) is 18.0 Å². The average Bonchev–Trinajstić information content (AvgIpc) is 3.18. The summed E-state index contributed by atoms with van der Waals surface area (Å²) in [5.74, 6) is 0.353. The highest BCUT2D eigenvalue weighted by molar-refractivity contribution is 5.75. The second-order valence-electron chi connectivity index (χ2n) is 5.37. The second-order valence-corrected chi connectivity index (χ2v) is 5.37. The zero-order chi connectivity index (χ0) is 13.9. The van der Waals surface area contributed by atoms with Gasteiger partial charge in [0.2, 0.25) is 0 Å². The van der Waals surface area contributed by atoms with Crippen LogP contribution < -0.4 is 10.6 Å². The van der Waals surface area contributed by atoms with Crippen LogP contribution in [-0.4, -0.2) is 49.3 Å². The summed E-state index contributed by atoms with van der Waals surface area (Å²) < 4.78 is 36.3. The van der Waals surface area contributed by atoms with Crippen LogP contribution in [0.15, 0.2) is 0 Å². The van der Waals surface area contributed by atoms with Gasteiger partial charge < -0.3 is 15.5 Å². The summed E-state index contributed by atoms with van der Waals surface area (Å²) in [6, 6.07) is -0.444. The van der Waals surface area contributed by atoms with Gasteiger partial charge in [0.1, 0.15) is 6.54 Å². The number of nitrogens with one attached hydrogen (secondary N) is 2. The smallest absolute Gasteiger partial charge is 0.329 e. The summed E-state index contributed by atoms with van der Waals surface area (Å²) in [5.41, 5.74) is 0. The first-order valence-electron chi connectivity index (χ1n) is 6.77. The molecule has 2 rings (SSSR count). The number of hydrogen-bond acceptors (Lipinski definition) is 2. The van der Waals surface area contributed by atoms with E-state index in [1.807, 2.05) is 5.32 Å². The molecule has 1 saturated heterocycles. The number of halogens is 3. The van der Waals surface area contributed by atoms with Crippen molar-refractivity contribution < 1.29 is 18.0 Å². The Hall–Kier alpha value is -0.980. The van der Waals surface area contributed by atoms with Crippen molar-refractivity contribution in [1.82, 2.24) is 15.5 Å². The minimum Gasteiger partial charge on any atom is -0.329 e. The van der Waals surface area contributed by atoms with Crippen LogP contribution in [-0.2, 0) is 0 Å². The van der Waals surface area contributed by atoms with E-state index in [0.717, 1.165) is 38.8 Å². The molecule has 2 fully saturated rings. The molecule has 0 aromatic heterocycles. The largest absolute Gasteiger partial charge is 0.405 e. The number of amides is 2. The summed E-state index contributed by atoms with van der Waals surface area (Å²) >= 11 is 0. The van der Waals surface area contributed by atoms with Gasteiger partial charge in [0.05, 0.1) is 0 Å². The van der Waals surface area contributed by atoms with E-state index < -0.39 is 18.8 Å². The molecular weight excluding hydrogens is 259 g/mol. The molecule has 1 saturated carbocycles. The Labute approximate surface area is 110 Å². The first-order valence-corrected chi connectivity index (χ1v) is 6.77. The van der Waals surface area contributed by atoms with E-state index in [1.54, 1.807) is 4.90 Å². The van der Waals surface area contributed by atoms with Gasteiger partial charge in [-0.15, -0.1) is 0 Å². The Morgan fingerprint density at radius 1 is 1.32 bits per heavy atom. The molecule has 1 aliphatic carbocycles. The molecule has 4 nitrogen and oxygen atoms in total. The zero-order valence-electron chi connectivity index (χ0n) is 10.8. The van der Waals surface area contributed by atoms with Crippen molar-refractivity contribution >= 4 is 6.03 Å². The van der Waals surface area contributed by atoms with Crippen molar-refractivity contribution in [2.75, 3.05) is 26.2 Å². The minimum atomic E-state index is -4.35. The maximum absolute atomic E-state index is 12.1. The van der Waals surface area contributed by atoms with Gasteiger partial charge in [-0.3, -0.25) is 0 Å². The molecule has 1 heterocycles. The Balaban J connectivity index is 1.82. The van der Waals surface area contributed by atoms with Crippen LogP contribution in [0.25, 0.3) is 0 Å². The standard InChI is InChI=1S/C12H20F3N3O/c13-12(14,15)8-17-11(19)18(10-3-4-10)7-9-2-1-5-16-6-9/h9-10,16H,1-8H2,(H,17,19). The van der Waals surface area contributed by atoms with Crippen molar-refractivity contribution in [3.05, 3.63) is 0 Å². The van der Waals surface area contributed by atoms with Gasteiger partial charge in [0, 0.05) is 12.6 Å². The third-order valence-corrected chi connectivity index (χ3v) is 3.54. The van der Waals surface area contributed by atoms with Crippen LogP contribution in [0, 0.1) is 5.92 Å². The second kappa shape index (κ2) is 5.98. The topological polar surface area (TPSA) is 44.4 Å². The lowest BCUT2D eigenvalue weighted by Crippen LogP contribution is -2.48. The predicted octanol–water partition coefficient (Wildman–Crippen LogP) is 1.72. The number of hydrogen-bond donors (Lipinski definition) is 2. The van der Waals surface area contributed by atoms with Crippen LogP contribution in [0.2, 0.25) is 0 Å². The third kappa shape index (κ3) is 4.89. The van der Waals surface area contributed by atoms with Gasteiger partial charge in [-0.2, -0.15) is 13.2 Å². The average molecular weight is 279 g/mol. The Bertz CT molecular complexity index is 312. The molecule has 0 bridgehead atoms. The highest BCUT2D eigenvalue weighted by Gasteiger charge is 2.36. The van der Waals surface area contributed by atoms with Crippen molar-refractivity contribution in [1.29, 1.82) is 0 Å². The van der Waals surface area contributed by atoms with Crippen molar-refractivity contribution in [2.24, 2.45) is 5.92 Å². The number of piperidine rings is 1. The Morgan fingerprint density at radius 3 is 2.58 bits per heavy atom. The molecule has 1 aliphatic heterocycles. The van der Waals surface area contributed by atoms with Gasteiger partial charge in [-0.25, -0.2) is 4.79 Å². The van der Waals surface area contributed by atoms with Gasteiger partial charge in [-0.05, 0) is 44.7 Å². The van der Waals surface area contributed by atoms with Crippen LogP contribution >= 0.6 is 0 Å². The Morgan fingerprint density at radius 2 is 2.05 bits per heavy atom. The van der Waals surface area contributed by atoms with Gasteiger partial charge in [-0.1, -0.05) is 0 Å². The lowest BCUT2D eigenvalue weighted by Gasteiger charge is -2.30. The van der Waals surface area contributed by atoms with E-state index >= 15 is 0 Å². The first kappa shape index (κ1) is 14.4. The predicted molar refractivity (Wildman–Crippen MR) is 64.8 cm³/mol. The van der Waals surface area contributed by atoms with Crippen molar-refractivity contribution in [2.45, 2.75) is 37.9 Å². The van der Waals surface area contributed by atoms with Gasteiger partial charge >= 0.3 is 12.2 Å². The van der Waals surface area contributed by atoms with Gasteiger partial charge in [0.15, 0.2) is 0 Å². The normalized spacial score (nSPS) is 24.1. The first-order chi connectivity index (χ1) is 8.96. The molecule has 0 aromatic rings. The molecule has 0 aromatic carbocycles. The summed E-state index contributed by atoms with van der Waals surface area (Å²) in [5, 5.41) is 5.23. The van der Waals surface area contributed by atoms with E-state index in [-0.39, 0.29) is 6.04 Å². The van der Waals surface area contributed by atoms with Crippen molar-refractivity contribution in [3.8, 4) is 0 Å². The highest BCUT2D eigenvalue weighted by atomic mass is 19.4. The molecule has 19 heavy (non-hydrogen) atoms. The van der Waals surface area contributed by atoms with Crippen LogP contribution in [0.1, 0.15) is 25.7 Å². The fourth-order valence-corrected chi connectivity index (χ4v) is 2.42. The van der Waals surface area contributed by atoms with E-state index in [1.165, 1.54) is 0 Å². The molecule has 1 atom stereocenters. The highest BCUT2D eigenvalue weighted by Crippen LogP contribution is 2.28. The quantitative estimate of drug-likeness (QED) is 0.823. The lowest BCUT2D eigenvalue weighted by atomic mass is 9.99. The minimum absolute atomic E-state index is 0.134. The summed E-state index contributed by atoms with van der Waals surface area (Å²) in [6.07, 6.45) is -0.452. The number of rotatable bonds is 4. The monoisotopic (exact) mass is 279 g/mol. The number of carbonyl (C=O) groups excluding carboxylic acids is 1. The van der Waals surface area contributed by atoms with Crippen LogP contribution in [0.5, 0.6) is 0 Å². The Kier molecular flexibility index (Phi) is 4.54. The maximum Gasteiger partial charge on any atom is 0.405 e. The maximum atomic E-state index is 12.1. The summed E-state index contributed by atoms with van der Waals surface area (Å²) in [6.45, 7) is 1.13. The van der Waals surface area contributed by atoms with Crippen LogP contribution in [0.3, 0.4) is 0 Å². The molecule has 7 heteroatoms. The van der Waals surface area contributed by atoms with Crippen molar-refractivity contribution in [3.63, 3.8) is 0 Å². The van der Waals surface area contributed by atoms with Gasteiger partial charge in [0.25, 0.3) is 0 Å². The molecule has 0 radical (unpaired) electrons. The summed E-state index contributed by atoms with van der Waals surface area (Å²) in [7, 11) is 0. The van der Waals surface area contributed by atoms with E-state index in [2.05, 4.69) is 5.32 Å². The van der Waals surface area contributed by atoms with E-state index in [0.29, 0.717) is 12.5 Å². The summed E-state index contributed by atoms with van der Waals surface area (Å²) in [4.78, 5) is 13.4. The molecule has 110 valence electrons. The molecule has 0 spiro atoms. The molecule has 2 N–H and O–H groups in total. The number of urea groups is 1. The fraction of sp³-hybridized carbons (Fsp3) is 0.917. The number of alkyl halides is 3. The molecule has 2 amide bonds. The van der Waals surface area contributed by atoms with E-state index in [9.17, 15) is 18.0 Å². The third-order valence-electron chi connectivity index (χ3n) is 3.54. The SMILES string of the molecule is O=C(NCC(F)(F)F)N(CC1CCCNC1)C1CC1. The van der Waals surface area contributed by atoms with E-state index in [4.69, 9.17) is 0 Å². The zero-order valence-corrected chi connectivity index (χ0v) is 10.8. The number of nitrogens with zero attached hydrogens (tertiary/aromatic N) is 1. The number of carbonyl (C=O) groups is 1.